The van der Waals surface area contributed by atoms with Crippen LogP contribution < -0.4 is 34.7 Å². The van der Waals surface area contributed by atoms with E-state index in [2.05, 4.69) is 15.5 Å². The van der Waals surface area contributed by atoms with Crippen molar-refractivity contribution in [2.45, 2.75) is 38.9 Å². The van der Waals surface area contributed by atoms with Crippen molar-refractivity contribution >= 4 is 17.1 Å². The van der Waals surface area contributed by atoms with Crippen LogP contribution in [-0.2, 0) is 11.8 Å². The average molecular weight is 506 g/mol. The molecule has 1 heterocycles. The van der Waals surface area contributed by atoms with Gasteiger partial charge in [0.05, 0.1) is 12.2 Å². The Bertz CT molecular complexity index is 1240. The number of carbonyl (C=O) groups excluding carboxylic acids is 1. The number of halogens is 2. The zero-order valence-corrected chi connectivity index (χ0v) is 22.4. The molecule has 3 rings (SSSR count). The monoisotopic (exact) mass is 506 g/mol. The first-order chi connectivity index (χ1) is 16.6. The summed E-state index contributed by atoms with van der Waals surface area (Å²) in [5, 5.41) is 42.6. The molecule has 0 bridgehead atoms. The Morgan fingerprint density at radius 1 is 1.08 bits per heavy atom. The van der Waals surface area contributed by atoms with E-state index in [1.165, 1.54) is 35.0 Å². The van der Waals surface area contributed by atoms with E-state index in [1.54, 1.807) is 39.1 Å². The molecule has 0 fully saturated rings. The molecule has 2 aromatic carbocycles. The van der Waals surface area contributed by atoms with Crippen LogP contribution in [0.1, 0.15) is 40.9 Å². The minimum Gasteiger partial charge on any atom is -0.550 e. The molecule has 0 saturated carbocycles. The number of allylic oxidation sites excluding steroid dienone is 2. The van der Waals surface area contributed by atoms with Gasteiger partial charge in [-0.2, -0.15) is 0 Å². The van der Waals surface area contributed by atoms with Crippen LogP contribution in [0.5, 0.6) is 0 Å². The molecule has 0 unspecified atom stereocenters. The van der Waals surface area contributed by atoms with Crippen molar-refractivity contribution < 1.29 is 58.5 Å². The maximum absolute atomic E-state index is 13.9. The number of aliphatic hydroxyl groups excluding tert-OH is 2. The number of nitrogens with zero attached hydrogens (tertiary/aromatic N) is 4. The van der Waals surface area contributed by atoms with E-state index in [4.69, 9.17) is 0 Å². The van der Waals surface area contributed by atoms with Crippen LogP contribution in [0.4, 0.5) is 8.78 Å². The normalized spacial score (nSPS) is 12.8. The Morgan fingerprint density at radius 2 is 1.64 bits per heavy atom. The molecular formula is C25H25F2N4NaO4. The molecule has 3 aromatic rings. The number of aliphatic carboxylic acids is 1. The summed E-state index contributed by atoms with van der Waals surface area (Å²) in [5.41, 5.74) is 3.49. The fraction of sp³-hybridized carbons (Fsp3) is 0.280. The number of carboxylic acids is 1. The van der Waals surface area contributed by atoms with E-state index >= 15 is 0 Å². The van der Waals surface area contributed by atoms with Gasteiger partial charge < -0.3 is 20.1 Å². The molecule has 0 spiro atoms. The third-order valence-electron chi connectivity index (χ3n) is 5.45. The summed E-state index contributed by atoms with van der Waals surface area (Å²) in [5.74, 6) is -1.96. The predicted octanol–water partition coefficient (Wildman–Crippen LogP) is -1.12. The fourth-order valence-electron chi connectivity index (χ4n) is 3.82. The molecule has 0 aliphatic carbocycles. The minimum atomic E-state index is -1.43. The Balaban J connectivity index is 0.00000456. The quantitative estimate of drug-likeness (QED) is 0.278. The van der Waals surface area contributed by atoms with Crippen LogP contribution in [0.2, 0.25) is 0 Å². The van der Waals surface area contributed by atoms with Gasteiger partial charge in [0.1, 0.15) is 11.6 Å². The summed E-state index contributed by atoms with van der Waals surface area (Å²) in [6.07, 6.45) is -0.444. The van der Waals surface area contributed by atoms with Crippen molar-refractivity contribution in [2.24, 2.45) is 7.05 Å². The van der Waals surface area contributed by atoms with Gasteiger partial charge in [0.25, 0.3) is 0 Å². The standard InChI is InChI=1S/C25H26F2N4O4.Na/c1-14-10-16(26)4-7-20(14)24(21-8-5-17(27)11-15(21)2)22(25-28-29-30-31(25)3)9-6-18(32)12-19(33)13-23(34)35;/h4-11,18-19,32-33H,12-13H2,1-3H3,(H,34,35);/q;+1/p-1/b9-6+;/t18-,19-;/m1./s1. The zero-order chi connectivity index (χ0) is 25.7. The van der Waals surface area contributed by atoms with Gasteiger partial charge >= 0.3 is 29.6 Å². The first-order valence-electron chi connectivity index (χ1n) is 10.8. The summed E-state index contributed by atoms with van der Waals surface area (Å²) in [6.45, 7) is 3.47. The number of aromatic nitrogens is 4. The number of aliphatic hydroxyl groups is 2. The number of aryl methyl sites for hydroxylation is 3. The second-order valence-electron chi connectivity index (χ2n) is 8.23. The van der Waals surface area contributed by atoms with Gasteiger partial charge in [-0.15, -0.1) is 5.10 Å². The third-order valence-corrected chi connectivity index (χ3v) is 5.45. The minimum absolute atomic E-state index is 0. The van der Waals surface area contributed by atoms with Crippen LogP contribution in [0, 0.1) is 25.5 Å². The fourth-order valence-corrected chi connectivity index (χ4v) is 3.82. The summed E-state index contributed by atoms with van der Waals surface area (Å²) in [6, 6.07) is 8.55. The Morgan fingerprint density at radius 3 is 2.08 bits per heavy atom. The van der Waals surface area contributed by atoms with E-state index in [0.29, 0.717) is 39.2 Å². The Labute approximate surface area is 229 Å². The van der Waals surface area contributed by atoms with E-state index in [9.17, 15) is 28.9 Å². The van der Waals surface area contributed by atoms with Crippen molar-refractivity contribution in [1.82, 2.24) is 20.2 Å². The third kappa shape index (κ3) is 7.37. The van der Waals surface area contributed by atoms with Gasteiger partial charge in [-0.1, -0.05) is 24.3 Å². The molecule has 11 heteroatoms. The van der Waals surface area contributed by atoms with Gasteiger partial charge in [-0.25, -0.2) is 13.5 Å². The summed E-state index contributed by atoms with van der Waals surface area (Å²) in [4.78, 5) is 10.7. The number of hydrogen-bond acceptors (Lipinski definition) is 7. The maximum Gasteiger partial charge on any atom is 1.00 e. The SMILES string of the molecule is Cc1cc(F)ccc1C(=C(/C=C/[C@@H](O)C[C@@H](O)CC(=O)[O-])c1nnnn1C)c1ccc(F)cc1C.[Na+]. The Kier molecular flexibility index (Phi) is 10.6. The van der Waals surface area contributed by atoms with Gasteiger partial charge in [-0.05, 0) is 70.8 Å². The molecule has 2 atom stereocenters. The second-order valence-corrected chi connectivity index (χ2v) is 8.23. The van der Waals surface area contributed by atoms with E-state index in [-0.39, 0.29) is 36.0 Å². The number of hydrogen-bond donors (Lipinski definition) is 2. The average Bonchev–Trinajstić information content (AvgIpc) is 3.17. The van der Waals surface area contributed by atoms with Crippen LogP contribution >= 0.6 is 0 Å². The molecule has 0 saturated heterocycles. The molecular weight excluding hydrogens is 481 g/mol. The Hall–Kier alpha value is -2.76. The molecule has 8 nitrogen and oxygen atoms in total. The van der Waals surface area contributed by atoms with Crippen molar-refractivity contribution in [3.8, 4) is 0 Å². The van der Waals surface area contributed by atoms with E-state index in [0.717, 1.165) is 0 Å². The largest absolute Gasteiger partial charge is 1.00 e. The molecule has 0 amide bonds. The second kappa shape index (κ2) is 13.0. The van der Waals surface area contributed by atoms with Gasteiger partial charge in [0, 0.05) is 37.0 Å². The molecule has 0 radical (unpaired) electrons. The number of rotatable bonds is 9. The predicted molar refractivity (Wildman–Crippen MR) is 122 cm³/mol. The topological polar surface area (TPSA) is 124 Å². The molecule has 1 aromatic heterocycles. The number of tetrazole rings is 1. The van der Waals surface area contributed by atoms with Crippen LogP contribution in [0.25, 0.3) is 11.1 Å². The van der Waals surface area contributed by atoms with Crippen LogP contribution in [0.15, 0.2) is 48.6 Å². The number of carbonyl (C=O) groups is 1. The summed E-state index contributed by atoms with van der Waals surface area (Å²) < 4.78 is 29.3. The molecule has 184 valence electrons. The first kappa shape index (κ1) is 29.5. The van der Waals surface area contributed by atoms with Gasteiger partial charge in [-0.3, -0.25) is 0 Å². The van der Waals surface area contributed by atoms with E-state index in [1.807, 2.05) is 0 Å². The van der Waals surface area contributed by atoms with E-state index < -0.39 is 36.2 Å². The van der Waals surface area contributed by atoms with Crippen LogP contribution in [-0.4, -0.2) is 48.6 Å². The van der Waals surface area contributed by atoms with Crippen molar-refractivity contribution in [3.05, 3.63) is 88.3 Å². The summed E-state index contributed by atoms with van der Waals surface area (Å²) in [7, 11) is 1.62. The number of benzene rings is 2. The first-order valence-corrected chi connectivity index (χ1v) is 10.8. The van der Waals surface area contributed by atoms with Gasteiger partial charge in [0.15, 0.2) is 5.82 Å². The maximum atomic E-state index is 13.9. The molecule has 0 aliphatic rings. The van der Waals surface area contributed by atoms with Crippen LogP contribution in [0.3, 0.4) is 0 Å². The van der Waals surface area contributed by atoms with Crippen molar-refractivity contribution in [1.29, 1.82) is 0 Å². The smallest absolute Gasteiger partial charge is 0.550 e. The molecule has 36 heavy (non-hydrogen) atoms. The van der Waals surface area contributed by atoms with Gasteiger partial charge in [0.2, 0.25) is 0 Å². The number of carboxylic acid groups (broad SMARTS) is 1. The molecule has 2 N–H and O–H groups in total. The van der Waals surface area contributed by atoms with Crippen molar-refractivity contribution in [2.75, 3.05) is 0 Å². The zero-order valence-electron chi connectivity index (χ0n) is 20.4. The van der Waals surface area contributed by atoms with Crippen molar-refractivity contribution in [3.63, 3.8) is 0 Å². The molecule has 0 aliphatic heterocycles. The summed E-state index contributed by atoms with van der Waals surface area (Å²) >= 11 is 0.